The number of rotatable bonds is 4. The number of ether oxygens (including phenoxy) is 1. The second-order valence-electron chi connectivity index (χ2n) is 8.10. The van der Waals surface area contributed by atoms with Gasteiger partial charge in [0.2, 0.25) is 0 Å². The highest BCUT2D eigenvalue weighted by molar-refractivity contribution is 5.74. The van der Waals surface area contributed by atoms with Crippen LogP contribution in [-0.2, 0) is 4.74 Å². The highest BCUT2D eigenvalue weighted by Gasteiger charge is 2.39. The molecule has 27 heavy (non-hydrogen) atoms. The van der Waals surface area contributed by atoms with Crippen molar-refractivity contribution < 1.29 is 9.13 Å². The summed E-state index contributed by atoms with van der Waals surface area (Å²) in [6.45, 7) is 2.24. The van der Waals surface area contributed by atoms with E-state index < -0.39 is 6.17 Å². The lowest BCUT2D eigenvalue weighted by molar-refractivity contribution is -0.0375. The van der Waals surface area contributed by atoms with E-state index in [-0.39, 0.29) is 12.2 Å². The van der Waals surface area contributed by atoms with Gasteiger partial charge in [-0.15, -0.1) is 10.2 Å². The van der Waals surface area contributed by atoms with Crippen LogP contribution in [0.1, 0.15) is 63.6 Å². The number of nitrogens with zero attached hydrogens (tertiary/aromatic N) is 4. The van der Waals surface area contributed by atoms with Gasteiger partial charge in [0.05, 0.1) is 23.9 Å². The van der Waals surface area contributed by atoms with E-state index in [2.05, 4.69) is 31.5 Å². The van der Waals surface area contributed by atoms with Crippen molar-refractivity contribution in [2.45, 2.75) is 76.2 Å². The fourth-order valence-corrected chi connectivity index (χ4v) is 5.02. The van der Waals surface area contributed by atoms with E-state index in [4.69, 9.17) is 4.74 Å². The van der Waals surface area contributed by atoms with Gasteiger partial charge in [0.1, 0.15) is 12.0 Å². The van der Waals surface area contributed by atoms with Crippen molar-refractivity contribution in [2.75, 3.05) is 0 Å². The summed E-state index contributed by atoms with van der Waals surface area (Å²) >= 11 is 0. The Morgan fingerprint density at radius 2 is 2.04 bits per heavy atom. The number of alkyl halides is 1. The predicted molar refractivity (Wildman–Crippen MR) is 100 cm³/mol. The lowest BCUT2D eigenvalue weighted by atomic mass is 9.93. The van der Waals surface area contributed by atoms with Crippen molar-refractivity contribution in [1.82, 2.24) is 24.6 Å². The summed E-state index contributed by atoms with van der Waals surface area (Å²) in [6, 6.07) is 2.03. The molecule has 3 aromatic rings. The first-order chi connectivity index (χ1) is 13.2. The number of halogens is 1. The third-order valence-corrected chi connectivity index (χ3v) is 6.46. The molecule has 0 saturated heterocycles. The van der Waals surface area contributed by atoms with Crippen LogP contribution in [-0.4, -0.2) is 42.9 Å². The molecule has 0 aliphatic heterocycles. The van der Waals surface area contributed by atoms with Crippen LogP contribution in [0, 0.1) is 5.92 Å². The molecule has 2 aliphatic carbocycles. The SMILES string of the molecule is CC[C@@H]1C[C@@H](OC2CCC(F)CC2)C[C@@H]1c1nnc2cnc3[nH]ccc3n12. The van der Waals surface area contributed by atoms with E-state index in [1.165, 1.54) is 0 Å². The molecule has 6 nitrogen and oxygen atoms in total. The number of hydrogen-bond donors (Lipinski definition) is 1. The van der Waals surface area contributed by atoms with E-state index >= 15 is 0 Å². The quantitative estimate of drug-likeness (QED) is 0.747. The standard InChI is InChI=1S/C20H26FN5O/c1-2-12-9-15(27-14-5-3-13(21)4-6-14)10-16(12)20-25-24-18-11-23-19-17(26(18)20)7-8-22-19/h7-8,11-16,22H,2-6,9-10H2,1H3/t12-,13?,14?,15-,16+/m1/s1. The van der Waals surface area contributed by atoms with Crippen molar-refractivity contribution in [3.05, 3.63) is 24.3 Å². The fourth-order valence-electron chi connectivity index (χ4n) is 5.02. The summed E-state index contributed by atoms with van der Waals surface area (Å²) in [5.74, 6) is 1.87. The number of aromatic nitrogens is 5. The van der Waals surface area contributed by atoms with Gasteiger partial charge in [0, 0.05) is 12.1 Å². The van der Waals surface area contributed by atoms with E-state index in [0.29, 0.717) is 24.7 Å². The van der Waals surface area contributed by atoms with Crippen LogP contribution in [0.3, 0.4) is 0 Å². The van der Waals surface area contributed by atoms with Gasteiger partial charge in [-0.1, -0.05) is 13.3 Å². The van der Waals surface area contributed by atoms with E-state index in [0.717, 1.165) is 54.7 Å². The van der Waals surface area contributed by atoms with E-state index in [1.54, 1.807) is 6.20 Å². The second-order valence-corrected chi connectivity index (χ2v) is 8.10. The summed E-state index contributed by atoms with van der Waals surface area (Å²) in [7, 11) is 0. The minimum Gasteiger partial charge on any atom is -0.375 e. The molecule has 5 rings (SSSR count). The van der Waals surface area contributed by atoms with Crippen LogP contribution in [0.25, 0.3) is 16.8 Å². The molecule has 1 N–H and O–H groups in total. The monoisotopic (exact) mass is 371 g/mol. The molecule has 3 aromatic heterocycles. The molecular formula is C20H26FN5O. The summed E-state index contributed by atoms with van der Waals surface area (Å²) in [4.78, 5) is 7.58. The lowest BCUT2D eigenvalue weighted by Gasteiger charge is -2.27. The number of aromatic amines is 1. The highest BCUT2D eigenvalue weighted by Crippen LogP contribution is 2.43. The average molecular weight is 371 g/mol. The van der Waals surface area contributed by atoms with Crippen LogP contribution in [0.4, 0.5) is 4.39 Å². The minimum absolute atomic E-state index is 0.217. The zero-order valence-corrected chi connectivity index (χ0v) is 15.6. The fraction of sp³-hybridized carbons (Fsp3) is 0.650. The predicted octanol–water partition coefficient (Wildman–Crippen LogP) is 4.18. The smallest absolute Gasteiger partial charge is 0.179 e. The van der Waals surface area contributed by atoms with Crippen LogP contribution in [0.2, 0.25) is 0 Å². The maximum absolute atomic E-state index is 13.4. The molecule has 3 atom stereocenters. The minimum atomic E-state index is -0.635. The molecule has 0 radical (unpaired) electrons. The first-order valence-corrected chi connectivity index (χ1v) is 10.2. The summed E-state index contributed by atoms with van der Waals surface area (Å²) < 4.78 is 21.9. The van der Waals surface area contributed by atoms with Crippen molar-refractivity contribution >= 4 is 16.8 Å². The second kappa shape index (κ2) is 6.86. The summed E-state index contributed by atoms with van der Waals surface area (Å²) in [6.07, 6.45) is 9.58. The number of fused-ring (bicyclic) bond motifs is 3. The van der Waals surface area contributed by atoms with Crippen LogP contribution in [0.15, 0.2) is 18.5 Å². The first kappa shape index (κ1) is 17.1. The van der Waals surface area contributed by atoms with E-state index in [1.807, 2.05) is 12.3 Å². The van der Waals surface area contributed by atoms with Crippen LogP contribution in [0.5, 0.6) is 0 Å². The number of H-pyrrole nitrogens is 1. The molecule has 144 valence electrons. The molecule has 2 fully saturated rings. The largest absolute Gasteiger partial charge is 0.375 e. The Morgan fingerprint density at radius 1 is 1.19 bits per heavy atom. The maximum Gasteiger partial charge on any atom is 0.179 e. The molecule has 7 heteroatoms. The van der Waals surface area contributed by atoms with Crippen LogP contribution < -0.4 is 0 Å². The summed E-state index contributed by atoms with van der Waals surface area (Å²) in [5.41, 5.74) is 2.66. The van der Waals surface area contributed by atoms with Crippen molar-refractivity contribution in [3.63, 3.8) is 0 Å². The number of hydrogen-bond acceptors (Lipinski definition) is 4. The molecule has 0 unspecified atom stereocenters. The zero-order chi connectivity index (χ0) is 18.4. The van der Waals surface area contributed by atoms with Crippen molar-refractivity contribution in [1.29, 1.82) is 0 Å². The lowest BCUT2D eigenvalue weighted by Crippen LogP contribution is -2.26. The Hall–Kier alpha value is -2.02. The van der Waals surface area contributed by atoms with Gasteiger partial charge in [0.15, 0.2) is 11.3 Å². The van der Waals surface area contributed by atoms with Crippen molar-refractivity contribution in [3.8, 4) is 0 Å². The van der Waals surface area contributed by atoms with Gasteiger partial charge in [-0.2, -0.15) is 0 Å². The van der Waals surface area contributed by atoms with Crippen LogP contribution >= 0.6 is 0 Å². The zero-order valence-electron chi connectivity index (χ0n) is 15.6. The Morgan fingerprint density at radius 3 is 2.85 bits per heavy atom. The molecular weight excluding hydrogens is 345 g/mol. The Bertz CT molecular complexity index is 929. The van der Waals surface area contributed by atoms with Gasteiger partial charge in [-0.3, -0.25) is 4.40 Å². The average Bonchev–Trinajstić information content (AvgIpc) is 3.39. The summed E-state index contributed by atoms with van der Waals surface area (Å²) in [5, 5.41) is 8.92. The van der Waals surface area contributed by atoms with Crippen molar-refractivity contribution in [2.24, 2.45) is 5.92 Å². The van der Waals surface area contributed by atoms with Gasteiger partial charge < -0.3 is 9.72 Å². The Labute approximate surface area is 157 Å². The molecule has 0 spiro atoms. The van der Waals surface area contributed by atoms with Gasteiger partial charge in [0.25, 0.3) is 0 Å². The third-order valence-electron chi connectivity index (χ3n) is 6.46. The normalized spacial score (nSPS) is 31.9. The molecule has 0 aromatic carbocycles. The Balaban J connectivity index is 1.41. The number of nitrogens with one attached hydrogen (secondary N) is 1. The molecule has 3 heterocycles. The van der Waals surface area contributed by atoms with E-state index in [9.17, 15) is 4.39 Å². The maximum atomic E-state index is 13.4. The first-order valence-electron chi connectivity index (χ1n) is 10.2. The molecule has 0 bridgehead atoms. The highest BCUT2D eigenvalue weighted by atomic mass is 19.1. The Kier molecular flexibility index (Phi) is 4.34. The third kappa shape index (κ3) is 3.02. The van der Waals surface area contributed by atoms with Gasteiger partial charge in [-0.25, -0.2) is 9.37 Å². The molecule has 0 amide bonds. The molecule has 2 saturated carbocycles. The van der Waals surface area contributed by atoms with Gasteiger partial charge >= 0.3 is 0 Å². The molecule has 2 aliphatic rings. The topological polar surface area (TPSA) is 68.1 Å². The van der Waals surface area contributed by atoms with Gasteiger partial charge in [-0.05, 0) is 50.5 Å².